The van der Waals surface area contributed by atoms with Crippen LogP contribution in [0.15, 0.2) is 60.8 Å². The van der Waals surface area contributed by atoms with E-state index >= 15 is 0 Å². The molecule has 20 heteroatoms. The van der Waals surface area contributed by atoms with Gasteiger partial charge in [-0.05, 0) is 99.2 Å². The molecule has 4 N–H and O–H groups in total. The largest absolute Gasteiger partial charge is 0.573 e. The van der Waals surface area contributed by atoms with Crippen LogP contribution in [0.25, 0.3) is 32.9 Å². The topological polar surface area (TPSA) is 192 Å². The Kier molecular flexibility index (Phi) is 13.8. The zero-order valence-electron chi connectivity index (χ0n) is 38.3. The molecular formula is C48H54ClF3N8O8. The van der Waals surface area contributed by atoms with Gasteiger partial charge < -0.3 is 49.6 Å². The number of H-pyrrole nitrogens is 1. The molecule has 3 saturated heterocycles. The van der Waals surface area contributed by atoms with Gasteiger partial charge in [0, 0.05) is 56.4 Å². The SMILES string of the molecule is COC(=O)N[C@H](C(=O)N1C[C@@H](C)C[C@H]1c1nc2c(ccc3cc(-c4cc(Cl)c(C(=O)Nc5ccc(N6CCN(C(=O)C(C)(C)CO)C[C@H]6C)nc5)cc4OC(F)(F)F)ccc32)[nH]1)C1CCOCC1. The van der Waals surface area contributed by atoms with Crippen LogP contribution < -0.4 is 20.3 Å². The van der Waals surface area contributed by atoms with Crippen molar-refractivity contribution in [1.29, 1.82) is 0 Å². The lowest BCUT2D eigenvalue weighted by Crippen LogP contribution is -2.56. The maximum absolute atomic E-state index is 14.3. The predicted octanol–water partition coefficient (Wildman–Crippen LogP) is 7.70. The Morgan fingerprint density at radius 3 is 2.46 bits per heavy atom. The number of nitrogens with zero attached hydrogens (tertiary/aromatic N) is 5. The van der Waals surface area contributed by atoms with Gasteiger partial charge in [0.25, 0.3) is 5.91 Å². The lowest BCUT2D eigenvalue weighted by Gasteiger charge is -2.42. The number of halogens is 4. The van der Waals surface area contributed by atoms with Crippen molar-refractivity contribution in [1.82, 2.24) is 30.1 Å². The van der Waals surface area contributed by atoms with E-state index < -0.39 is 41.6 Å². The third kappa shape index (κ3) is 10.1. The third-order valence-corrected chi connectivity index (χ3v) is 13.4. The van der Waals surface area contributed by atoms with Gasteiger partial charge in [-0.2, -0.15) is 0 Å². The van der Waals surface area contributed by atoms with Crippen LogP contribution in [0, 0.1) is 17.3 Å². The van der Waals surface area contributed by atoms with Crippen molar-refractivity contribution < 1.29 is 51.7 Å². The van der Waals surface area contributed by atoms with E-state index in [4.69, 9.17) is 26.1 Å². The third-order valence-electron chi connectivity index (χ3n) is 13.1. The Morgan fingerprint density at radius 1 is 1.01 bits per heavy atom. The Labute approximate surface area is 395 Å². The summed E-state index contributed by atoms with van der Waals surface area (Å²) in [6.07, 6.45) is -2.54. The fourth-order valence-electron chi connectivity index (χ4n) is 9.46. The van der Waals surface area contributed by atoms with Gasteiger partial charge >= 0.3 is 12.5 Å². The Bertz CT molecular complexity index is 2710. The normalized spacial score (nSPS) is 19.9. The Morgan fingerprint density at radius 2 is 1.78 bits per heavy atom. The van der Waals surface area contributed by atoms with Gasteiger partial charge in [0.2, 0.25) is 11.8 Å². The summed E-state index contributed by atoms with van der Waals surface area (Å²) >= 11 is 6.66. The summed E-state index contributed by atoms with van der Waals surface area (Å²) in [6, 6.07) is 12.9. The van der Waals surface area contributed by atoms with E-state index in [0.717, 1.165) is 6.07 Å². The summed E-state index contributed by atoms with van der Waals surface area (Å²) in [5, 5.41) is 16.3. The van der Waals surface area contributed by atoms with Crippen LogP contribution in [0.1, 0.15) is 69.2 Å². The molecular weight excluding hydrogens is 909 g/mol. The average molecular weight is 963 g/mol. The number of anilines is 2. The zero-order valence-corrected chi connectivity index (χ0v) is 39.0. The molecule has 4 atom stereocenters. The lowest BCUT2D eigenvalue weighted by molar-refractivity contribution is -0.274. The first-order valence-corrected chi connectivity index (χ1v) is 22.9. The van der Waals surface area contributed by atoms with Crippen molar-refractivity contribution >= 4 is 68.7 Å². The van der Waals surface area contributed by atoms with E-state index in [2.05, 4.69) is 32.3 Å². The summed E-state index contributed by atoms with van der Waals surface area (Å²) < 4.78 is 56.8. The number of likely N-dealkylation sites (tertiary alicyclic amines) is 1. The fraction of sp³-hybridized carbons (Fsp3) is 0.458. The van der Waals surface area contributed by atoms with Crippen LogP contribution in [-0.2, 0) is 19.1 Å². The lowest BCUT2D eigenvalue weighted by atomic mass is 9.90. The second-order valence-corrected chi connectivity index (χ2v) is 18.9. The maximum atomic E-state index is 14.3. The van der Waals surface area contributed by atoms with E-state index in [0.29, 0.717) is 97.7 Å². The van der Waals surface area contributed by atoms with Gasteiger partial charge in [0.15, 0.2) is 0 Å². The van der Waals surface area contributed by atoms with Crippen LogP contribution in [-0.4, -0.2) is 125 Å². The molecule has 0 radical (unpaired) electrons. The first-order valence-electron chi connectivity index (χ1n) is 22.5. The molecule has 68 heavy (non-hydrogen) atoms. The number of carbonyl (C=O) groups excluding carboxylic acids is 4. The number of fused-ring (bicyclic) bond motifs is 3. The number of alkyl halides is 3. The van der Waals surface area contributed by atoms with Crippen LogP contribution in [0.2, 0.25) is 5.02 Å². The highest BCUT2D eigenvalue weighted by atomic mass is 35.5. The number of aliphatic hydroxyl groups excluding tert-OH is 1. The second kappa shape index (κ2) is 19.4. The number of ether oxygens (including phenoxy) is 3. The van der Waals surface area contributed by atoms with Gasteiger partial charge in [0.05, 0.1) is 58.7 Å². The first kappa shape index (κ1) is 48.3. The number of amides is 4. The zero-order chi connectivity index (χ0) is 48.7. The highest BCUT2D eigenvalue weighted by molar-refractivity contribution is 6.35. The molecule has 0 unspecified atom stereocenters. The molecule has 8 rings (SSSR count). The van der Waals surface area contributed by atoms with Gasteiger partial charge in [-0.3, -0.25) is 14.4 Å². The minimum absolute atomic E-state index is 0.0100. The quantitative estimate of drug-likeness (QED) is 0.101. The number of alkyl carbamates (subject to hydrolysis) is 1. The number of hydrogen-bond donors (Lipinski definition) is 4. The Balaban J connectivity index is 1.02. The number of benzene rings is 3. The molecule has 3 aliphatic heterocycles. The number of aromatic nitrogens is 3. The molecule has 3 aromatic carbocycles. The fourth-order valence-corrected chi connectivity index (χ4v) is 9.71. The minimum atomic E-state index is -5.11. The molecule has 2 aromatic heterocycles. The second-order valence-electron chi connectivity index (χ2n) is 18.5. The number of imidazole rings is 1. The number of hydrogen-bond acceptors (Lipinski definition) is 11. The standard InChI is InChI=1S/C48H54ClF3N8O8/c1-26-18-37(60(23-26)44(63)40(57-46(65)66-5)28-12-16-67-17-13-28)42-55-36-10-7-29-19-30(6-9-32(29)41(36)56-42)33-20-35(49)34(21-38(33)68-48(50,51)52)43(62)54-31-8-11-39(53-22-31)59-15-14-58(24-27(59)2)45(64)47(3,4)25-61/h6-11,19-22,26-28,37,40,61H,12-18,23-25H2,1-5H3,(H,54,62)(H,55,56)(H,57,65)/t26-,27+,37-,40-/m0/s1. The van der Waals surface area contributed by atoms with E-state index in [1.807, 2.05) is 17.9 Å². The van der Waals surface area contributed by atoms with E-state index in [1.165, 1.54) is 19.4 Å². The van der Waals surface area contributed by atoms with Gasteiger partial charge in [-0.15, -0.1) is 13.2 Å². The Hall–Kier alpha value is -6.18. The van der Waals surface area contributed by atoms with Crippen molar-refractivity contribution in [2.24, 2.45) is 17.3 Å². The molecule has 362 valence electrons. The van der Waals surface area contributed by atoms with Crippen LogP contribution >= 0.6 is 11.6 Å². The summed E-state index contributed by atoms with van der Waals surface area (Å²) in [7, 11) is 1.26. The smallest absolute Gasteiger partial charge is 0.453 e. The van der Waals surface area contributed by atoms with Crippen molar-refractivity contribution in [3.05, 3.63) is 77.2 Å². The van der Waals surface area contributed by atoms with Gasteiger partial charge in [0.1, 0.15) is 23.4 Å². The van der Waals surface area contributed by atoms with Crippen LogP contribution in [0.5, 0.6) is 5.75 Å². The number of carbonyl (C=O) groups is 4. The van der Waals surface area contributed by atoms with E-state index in [1.54, 1.807) is 60.0 Å². The van der Waals surface area contributed by atoms with Crippen molar-refractivity contribution in [3.63, 3.8) is 0 Å². The van der Waals surface area contributed by atoms with Crippen LogP contribution in [0.3, 0.4) is 0 Å². The number of rotatable bonds is 11. The average Bonchev–Trinajstić information content (AvgIpc) is 3.94. The first-order chi connectivity index (χ1) is 32.3. The van der Waals surface area contributed by atoms with E-state index in [-0.39, 0.29) is 58.1 Å². The summed E-state index contributed by atoms with van der Waals surface area (Å²) in [4.78, 5) is 71.6. The molecule has 0 aliphatic carbocycles. The molecule has 4 amide bonds. The van der Waals surface area contributed by atoms with Gasteiger partial charge in [-0.1, -0.05) is 36.7 Å². The highest BCUT2D eigenvalue weighted by Gasteiger charge is 2.43. The number of piperazine rings is 1. The summed E-state index contributed by atoms with van der Waals surface area (Å²) in [5.74, 6) is -0.629. The molecule has 0 saturated carbocycles. The molecule has 0 spiro atoms. The van der Waals surface area contributed by atoms with E-state index in [9.17, 15) is 37.5 Å². The monoisotopic (exact) mass is 962 g/mol. The summed E-state index contributed by atoms with van der Waals surface area (Å²) in [5.41, 5.74) is 0.710. The number of aliphatic hydroxyl groups is 1. The molecule has 16 nitrogen and oxygen atoms in total. The molecule has 0 bridgehead atoms. The van der Waals surface area contributed by atoms with Crippen molar-refractivity contribution in [2.75, 3.05) is 63.3 Å². The molecule has 3 aliphatic rings. The number of methoxy groups -OCH3 is 1. The number of pyridine rings is 1. The molecule has 5 aromatic rings. The number of aromatic amines is 1. The minimum Gasteiger partial charge on any atom is -0.453 e. The highest BCUT2D eigenvalue weighted by Crippen LogP contribution is 2.41. The van der Waals surface area contributed by atoms with Crippen LogP contribution in [0.4, 0.5) is 29.5 Å². The molecule has 3 fully saturated rings. The molecule has 5 heterocycles. The predicted molar refractivity (Wildman–Crippen MR) is 248 cm³/mol. The maximum Gasteiger partial charge on any atom is 0.573 e. The number of nitrogens with one attached hydrogen (secondary N) is 3. The van der Waals surface area contributed by atoms with Crippen molar-refractivity contribution in [3.8, 4) is 16.9 Å². The van der Waals surface area contributed by atoms with Gasteiger partial charge in [-0.25, -0.2) is 14.8 Å². The summed E-state index contributed by atoms with van der Waals surface area (Å²) in [6.45, 7) is 9.90. The van der Waals surface area contributed by atoms with Crippen molar-refractivity contribution in [2.45, 2.75) is 71.4 Å².